The van der Waals surface area contributed by atoms with Crippen LogP contribution in [-0.4, -0.2) is 53.0 Å². The molecule has 1 aliphatic heterocycles. The van der Waals surface area contributed by atoms with Crippen LogP contribution in [-0.2, 0) is 0 Å². The number of H-pyrrole nitrogens is 1. The molecule has 6 nitrogen and oxygen atoms in total. The van der Waals surface area contributed by atoms with Crippen LogP contribution in [0.1, 0.15) is 67.8 Å². The largest absolute Gasteiger partial charge is 0.355 e. The van der Waals surface area contributed by atoms with E-state index >= 15 is 0 Å². The molecule has 3 rings (SSSR count). The molecule has 2 aromatic rings. The zero-order valence-corrected chi connectivity index (χ0v) is 17.6. The van der Waals surface area contributed by atoms with Crippen molar-refractivity contribution < 1.29 is 14.4 Å². The highest BCUT2D eigenvalue weighted by molar-refractivity contribution is 6.04. The summed E-state index contributed by atoms with van der Waals surface area (Å²) in [5, 5.41) is 3.12. The normalized spacial score (nSPS) is 15.3. The number of aromatic nitrogens is 1. The van der Waals surface area contributed by atoms with E-state index in [1.54, 1.807) is 0 Å². The quantitative estimate of drug-likeness (QED) is 0.736. The number of Topliss-reactive ketones (excluding diaryl/α,β-unsaturated/α-hetero) is 2. The van der Waals surface area contributed by atoms with E-state index in [-0.39, 0.29) is 23.5 Å². The lowest BCUT2D eigenvalue weighted by atomic mass is 10.0. The van der Waals surface area contributed by atoms with Gasteiger partial charge >= 0.3 is 0 Å². The number of carbonyl (C=O) groups is 3. The summed E-state index contributed by atoms with van der Waals surface area (Å²) in [4.78, 5) is 42.2. The number of aromatic amines is 1. The second kappa shape index (κ2) is 8.74. The number of benzene rings is 1. The number of amides is 1. The van der Waals surface area contributed by atoms with Crippen molar-refractivity contribution in [1.29, 1.82) is 0 Å². The molecule has 6 heteroatoms. The zero-order valence-electron chi connectivity index (χ0n) is 17.6. The van der Waals surface area contributed by atoms with Crippen molar-refractivity contribution in [2.24, 2.45) is 0 Å². The van der Waals surface area contributed by atoms with E-state index in [0.717, 1.165) is 42.8 Å². The zero-order chi connectivity index (χ0) is 21.1. The van der Waals surface area contributed by atoms with Crippen LogP contribution in [0.15, 0.2) is 24.3 Å². The van der Waals surface area contributed by atoms with Crippen LogP contribution in [0.25, 0.3) is 0 Å². The molecule has 0 aliphatic carbocycles. The van der Waals surface area contributed by atoms with Crippen LogP contribution in [0, 0.1) is 20.8 Å². The van der Waals surface area contributed by atoms with E-state index in [9.17, 15) is 14.4 Å². The average molecular weight is 396 g/mol. The van der Waals surface area contributed by atoms with Gasteiger partial charge in [-0.05, 0) is 57.7 Å². The first-order chi connectivity index (χ1) is 13.8. The number of nitrogens with zero attached hydrogens (tertiary/aromatic N) is 1. The van der Waals surface area contributed by atoms with Crippen LogP contribution < -0.4 is 5.32 Å². The predicted molar refractivity (Wildman–Crippen MR) is 113 cm³/mol. The van der Waals surface area contributed by atoms with E-state index in [2.05, 4.69) is 15.2 Å². The van der Waals surface area contributed by atoms with Gasteiger partial charge in [0.1, 0.15) is 0 Å². The Hall–Kier alpha value is -2.73. The highest BCUT2D eigenvalue weighted by Crippen LogP contribution is 2.20. The fourth-order valence-electron chi connectivity index (χ4n) is 4.17. The Morgan fingerprint density at radius 1 is 1.10 bits per heavy atom. The van der Waals surface area contributed by atoms with Crippen molar-refractivity contribution in [3.63, 3.8) is 0 Å². The molecular formula is C23H29N3O3. The fraction of sp³-hybridized carbons (Fsp3) is 0.435. The van der Waals surface area contributed by atoms with E-state index in [0.29, 0.717) is 23.4 Å². The van der Waals surface area contributed by atoms with Gasteiger partial charge < -0.3 is 10.3 Å². The number of hydrogen-bond acceptors (Lipinski definition) is 4. The SMILES string of the molecule is CC(=O)c1c(C)[nH]c(C(=O)CN2CCC(NC(=O)c3ccccc3C)CC2)c1C. The van der Waals surface area contributed by atoms with Crippen LogP contribution in [0.5, 0.6) is 0 Å². The predicted octanol–water partition coefficient (Wildman–Crippen LogP) is 3.22. The molecule has 1 aromatic heterocycles. The molecule has 2 N–H and O–H groups in total. The van der Waals surface area contributed by atoms with Gasteiger partial charge in [-0.1, -0.05) is 18.2 Å². The number of rotatable bonds is 6. The van der Waals surface area contributed by atoms with E-state index in [1.165, 1.54) is 6.92 Å². The number of aryl methyl sites for hydroxylation is 2. The molecule has 1 saturated heterocycles. The molecule has 0 unspecified atom stereocenters. The van der Waals surface area contributed by atoms with Crippen LogP contribution >= 0.6 is 0 Å². The molecule has 0 saturated carbocycles. The van der Waals surface area contributed by atoms with Gasteiger partial charge in [0.15, 0.2) is 11.6 Å². The minimum absolute atomic E-state index is 0.000459. The van der Waals surface area contributed by atoms with Crippen LogP contribution in [0.4, 0.5) is 0 Å². The third kappa shape index (κ3) is 4.65. The molecule has 0 spiro atoms. The van der Waals surface area contributed by atoms with Crippen molar-refractivity contribution in [1.82, 2.24) is 15.2 Å². The van der Waals surface area contributed by atoms with Gasteiger partial charge in [-0.3, -0.25) is 19.3 Å². The first-order valence-electron chi connectivity index (χ1n) is 10.1. The Morgan fingerprint density at radius 3 is 2.34 bits per heavy atom. The van der Waals surface area contributed by atoms with Crippen molar-refractivity contribution in [3.05, 3.63) is 57.9 Å². The van der Waals surface area contributed by atoms with Crippen molar-refractivity contribution in [3.8, 4) is 0 Å². The second-order valence-electron chi connectivity index (χ2n) is 7.94. The monoisotopic (exact) mass is 395 g/mol. The van der Waals surface area contributed by atoms with Gasteiger partial charge in [-0.25, -0.2) is 0 Å². The van der Waals surface area contributed by atoms with Gasteiger partial charge in [0, 0.05) is 36.0 Å². The van der Waals surface area contributed by atoms with Crippen molar-refractivity contribution >= 4 is 17.5 Å². The average Bonchev–Trinajstić information content (AvgIpc) is 2.98. The highest BCUT2D eigenvalue weighted by atomic mass is 16.2. The Kier molecular flexibility index (Phi) is 6.33. The van der Waals surface area contributed by atoms with Gasteiger partial charge in [0.25, 0.3) is 5.91 Å². The first kappa shape index (κ1) is 21.0. The summed E-state index contributed by atoms with van der Waals surface area (Å²) < 4.78 is 0. The van der Waals surface area contributed by atoms with Gasteiger partial charge in [0.05, 0.1) is 12.2 Å². The summed E-state index contributed by atoms with van der Waals surface area (Å²) in [7, 11) is 0. The van der Waals surface area contributed by atoms with Gasteiger partial charge in [-0.2, -0.15) is 0 Å². The molecule has 0 radical (unpaired) electrons. The third-order valence-corrected chi connectivity index (χ3v) is 5.75. The molecular weight excluding hydrogens is 366 g/mol. The number of likely N-dealkylation sites (tertiary alicyclic amines) is 1. The fourth-order valence-corrected chi connectivity index (χ4v) is 4.17. The molecule has 1 aromatic carbocycles. The van der Waals surface area contributed by atoms with E-state index < -0.39 is 0 Å². The maximum Gasteiger partial charge on any atom is 0.251 e. The maximum absolute atomic E-state index is 12.7. The van der Waals surface area contributed by atoms with Gasteiger partial charge in [-0.15, -0.1) is 0 Å². The first-order valence-corrected chi connectivity index (χ1v) is 10.1. The summed E-state index contributed by atoms with van der Waals surface area (Å²) in [6.45, 7) is 8.92. The minimum atomic E-state index is -0.0353. The van der Waals surface area contributed by atoms with E-state index in [4.69, 9.17) is 0 Å². The molecule has 29 heavy (non-hydrogen) atoms. The lowest BCUT2D eigenvalue weighted by Crippen LogP contribution is -2.46. The topological polar surface area (TPSA) is 82.3 Å². The lowest BCUT2D eigenvalue weighted by Gasteiger charge is -2.32. The van der Waals surface area contributed by atoms with Crippen LogP contribution in [0.2, 0.25) is 0 Å². The molecule has 154 valence electrons. The minimum Gasteiger partial charge on any atom is -0.355 e. The number of ketones is 2. The molecule has 1 aliphatic rings. The molecule has 0 atom stereocenters. The summed E-state index contributed by atoms with van der Waals surface area (Å²) in [6, 6.07) is 7.69. The molecule has 1 fully saturated rings. The second-order valence-corrected chi connectivity index (χ2v) is 7.94. The summed E-state index contributed by atoms with van der Waals surface area (Å²) >= 11 is 0. The highest BCUT2D eigenvalue weighted by Gasteiger charge is 2.25. The Labute approximate surface area is 171 Å². The smallest absolute Gasteiger partial charge is 0.251 e. The van der Waals surface area contributed by atoms with Gasteiger partial charge in [0.2, 0.25) is 0 Å². The summed E-state index contributed by atoms with van der Waals surface area (Å²) in [5.74, 6) is -0.0621. The standard InChI is InChI=1S/C23H29N3O3/c1-14-7-5-6-8-19(14)23(29)25-18-9-11-26(12-10-18)13-20(28)22-15(2)21(17(4)27)16(3)24-22/h5-8,18,24H,9-13H2,1-4H3,(H,25,29). The molecule has 1 amide bonds. The van der Waals surface area contributed by atoms with Crippen molar-refractivity contribution in [2.75, 3.05) is 19.6 Å². The number of hydrogen-bond donors (Lipinski definition) is 2. The third-order valence-electron chi connectivity index (χ3n) is 5.75. The summed E-state index contributed by atoms with van der Waals surface area (Å²) in [5.41, 5.74) is 4.31. The number of piperidine rings is 1. The Morgan fingerprint density at radius 2 is 1.76 bits per heavy atom. The van der Waals surface area contributed by atoms with Crippen molar-refractivity contribution in [2.45, 2.75) is 46.6 Å². The maximum atomic E-state index is 12.7. The Balaban J connectivity index is 1.54. The van der Waals surface area contributed by atoms with Crippen LogP contribution in [0.3, 0.4) is 0 Å². The summed E-state index contributed by atoms with van der Waals surface area (Å²) in [6.07, 6.45) is 1.62. The molecule has 0 bridgehead atoms. The molecule has 2 heterocycles. The number of carbonyl (C=O) groups excluding carboxylic acids is 3. The lowest BCUT2D eigenvalue weighted by molar-refractivity contribution is 0.0856. The van der Waals surface area contributed by atoms with E-state index in [1.807, 2.05) is 45.0 Å². The Bertz CT molecular complexity index is 937. The number of nitrogens with one attached hydrogen (secondary N) is 2.